The highest BCUT2D eigenvalue weighted by atomic mass is 32.1. The number of rotatable bonds is 3. The molecule has 0 amide bonds. The Morgan fingerprint density at radius 3 is 3.21 bits per heavy atom. The third-order valence-corrected chi connectivity index (χ3v) is 4.68. The van der Waals surface area contributed by atoms with Gasteiger partial charge in [-0.05, 0) is 44.5 Å². The second-order valence-electron chi connectivity index (χ2n) is 4.97. The number of thiazole rings is 1. The second kappa shape index (κ2) is 5.88. The van der Waals surface area contributed by atoms with E-state index < -0.39 is 0 Å². The largest absolute Gasteiger partial charge is 0.494 e. The Morgan fingerprint density at radius 2 is 2.32 bits per heavy atom. The third-order valence-electron chi connectivity index (χ3n) is 3.55. The van der Waals surface area contributed by atoms with E-state index in [-0.39, 0.29) is 0 Å². The molecular formula is C15H20N2OS. The molecule has 3 nitrogen and oxygen atoms in total. The molecule has 0 spiro atoms. The molecule has 2 heterocycles. The van der Waals surface area contributed by atoms with Gasteiger partial charge in [0, 0.05) is 0 Å². The van der Waals surface area contributed by atoms with Gasteiger partial charge >= 0.3 is 0 Å². The van der Waals surface area contributed by atoms with Crippen molar-refractivity contribution in [1.82, 2.24) is 10.3 Å². The van der Waals surface area contributed by atoms with Crippen LogP contribution in [0.1, 0.15) is 43.7 Å². The van der Waals surface area contributed by atoms with Crippen molar-refractivity contribution < 1.29 is 4.74 Å². The Balaban J connectivity index is 1.87. The minimum Gasteiger partial charge on any atom is -0.494 e. The molecule has 2 aromatic rings. The summed E-state index contributed by atoms with van der Waals surface area (Å²) in [6.45, 7) is 3.84. The quantitative estimate of drug-likeness (QED) is 0.923. The van der Waals surface area contributed by atoms with Gasteiger partial charge in [0.25, 0.3) is 0 Å². The minimum atomic E-state index is 0.440. The molecule has 19 heavy (non-hydrogen) atoms. The van der Waals surface area contributed by atoms with Crippen LogP contribution in [0.25, 0.3) is 10.2 Å². The molecule has 1 unspecified atom stereocenters. The van der Waals surface area contributed by atoms with Crippen LogP contribution >= 0.6 is 11.3 Å². The Morgan fingerprint density at radius 1 is 1.37 bits per heavy atom. The molecular weight excluding hydrogens is 256 g/mol. The topological polar surface area (TPSA) is 34.1 Å². The summed E-state index contributed by atoms with van der Waals surface area (Å²) in [6.07, 6.45) is 5.13. The number of fused-ring (bicyclic) bond motifs is 1. The molecule has 1 fully saturated rings. The average molecular weight is 276 g/mol. The number of aromatic nitrogens is 1. The van der Waals surface area contributed by atoms with E-state index in [0.717, 1.165) is 17.8 Å². The predicted molar refractivity (Wildman–Crippen MR) is 80.0 cm³/mol. The zero-order valence-electron chi connectivity index (χ0n) is 11.3. The van der Waals surface area contributed by atoms with E-state index in [1.807, 2.05) is 13.0 Å². The maximum Gasteiger partial charge on any atom is 0.120 e. The summed E-state index contributed by atoms with van der Waals surface area (Å²) in [7, 11) is 0. The number of benzene rings is 1. The normalized spacial score (nSPS) is 20.4. The van der Waals surface area contributed by atoms with E-state index in [1.54, 1.807) is 11.3 Å². The van der Waals surface area contributed by atoms with E-state index in [0.29, 0.717) is 12.6 Å². The molecule has 4 heteroatoms. The Hall–Kier alpha value is -1.13. The fourth-order valence-corrected chi connectivity index (χ4v) is 3.67. The van der Waals surface area contributed by atoms with Crippen molar-refractivity contribution >= 4 is 21.6 Å². The zero-order chi connectivity index (χ0) is 13.1. The second-order valence-corrected chi connectivity index (χ2v) is 6.03. The first-order valence-electron chi connectivity index (χ1n) is 7.13. The van der Waals surface area contributed by atoms with E-state index >= 15 is 0 Å². The fourth-order valence-electron chi connectivity index (χ4n) is 2.57. The summed E-state index contributed by atoms with van der Waals surface area (Å²) in [5, 5.41) is 4.84. The SMILES string of the molecule is CCOc1ccc2nc(C3CCCCCN3)sc2c1. The van der Waals surface area contributed by atoms with Gasteiger partial charge in [-0.3, -0.25) is 0 Å². The van der Waals surface area contributed by atoms with Crippen molar-refractivity contribution in [3.05, 3.63) is 23.2 Å². The number of ether oxygens (including phenoxy) is 1. The lowest BCUT2D eigenvalue weighted by molar-refractivity contribution is 0.341. The van der Waals surface area contributed by atoms with Crippen LogP contribution in [0.15, 0.2) is 18.2 Å². The minimum absolute atomic E-state index is 0.440. The molecule has 0 saturated carbocycles. The van der Waals surface area contributed by atoms with Crippen molar-refractivity contribution in [3.8, 4) is 5.75 Å². The van der Waals surface area contributed by atoms with Gasteiger partial charge in [-0.1, -0.05) is 12.8 Å². The molecule has 1 aromatic heterocycles. The van der Waals surface area contributed by atoms with E-state index in [2.05, 4.69) is 17.4 Å². The molecule has 1 atom stereocenters. The van der Waals surface area contributed by atoms with Gasteiger partial charge in [-0.25, -0.2) is 4.98 Å². The molecule has 1 aromatic carbocycles. The molecule has 102 valence electrons. The molecule has 0 aliphatic carbocycles. The van der Waals surface area contributed by atoms with Gasteiger partial charge < -0.3 is 10.1 Å². The van der Waals surface area contributed by atoms with E-state index in [4.69, 9.17) is 9.72 Å². The van der Waals surface area contributed by atoms with Gasteiger partial charge in [-0.2, -0.15) is 0 Å². The first-order chi connectivity index (χ1) is 9.36. The van der Waals surface area contributed by atoms with Crippen LogP contribution in [0.5, 0.6) is 5.75 Å². The van der Waals surface area contributed by atoms with Crippen molar-refractivity contribution in [2.75, 3.05) is 13.2 Å². The number of nitrogens with one attached hydrogen (secondary N) is 1. The molecule has 3 rings (SSSR count). The Bertz CT molecular complexity index is 544. The summed E-state index contributed by atoms with van der Waals surface area (Å²) in [4.78, 5) is 4.78. The highest BCUT2D eigenvalue weighted by molar-refractivity contribution is 7.18. The average Bonchev–Trinajstić information content (AvgIpc) is 2.65. The predicted octanol–water partition coefficient (Wildman–Crippen LogP) is 3.90. The van der Waals surface area contributed by atoms with Crippen LogP contribution in [-0.2, 0) is 0 Å². The zero-order valence-corrected chi connectivity index (χ0v) is 12.1. The summed E-state index contributed by atoms with van der Waals surface area (Å²) >= 11 is 1.80. The van der Waals surface area contributed by atoms with Gasteiger partial charge in [0.1, 0.15) is 10.8 Å². The lowest BCUT2D eigenvalue weighted by atomic mass is 10.1. The fraction of sp³-hybridized carbons (Fsp3) is 0.533. The number of hydrogen-bond donors (Lipinski definition) is 1. The summed E-state index contributed by atoms with van der Waals surface area (Å²) in [5.41, 5.74) is 1.09. The van der Waals surface area contributed by atoms with Crippen LogP contribution < -0.4 is 10.1 Å². The molecule has 1 saturated heterocycles. The van der Waals surface area contributed by atoms with Crippen molar-refractivity contribution in [2.24, 2.45) is 0 Å². The Labute approximate surface area is 118 Å². The van der Waals surface area contributed by atoms with Gasteiger partial charge in [-0.15, -0.1) is 11.3 Å². The van der Waals surface area contributed by atoms with Crippen molar-refractivity contribution in [2.45, 2.75) is 38.6 Å². The highest BCUT2D eigenvalue weighted by Gasteiger charge is 2.17. The lowest BCUT2D eigenvalue weighted by Gasteiger charge is -2.11. The van der Waals surface area contributed by atoms with E-state index in [1.165, 1.54) is 35.4 Å². The molecule has 1 N–H and O–H groups in total. The number of hydrogen-bond acceptors (Lipinski definition) is 4. The summed E-state index contributed by atoms with van der Waals surface area (Å²) in [6, 6.07) is 6.62. The molecule has 1 aliphatic rings. The van der Waals surface area contributed by atoms with Gasteiger partial charge in [0.05, 0.1) is 22.9 Å². The van der Waals surface area contributed by atoms with Gasteiger partial charge in [0.15, 0.2) is 0 Å². The molecule has 1 aliphatic heterocycles. The van der Waals surface area contributed by atoms with Gasteiger partial charge in [0.2, 0.25) is 0 Å². The van der Waals surface area contributed by atoms with Crippen molar-refractivity contribution in [3.63, 3.8) is 0 Å². The molecule has 0 radical (unpaired) electrons. The molecule has 0 bridgehead atoms. The third kappa shape index (κ3) is 2.90. The number of nitrogens with zero attached hydrogens (tertiary/aromatic N) is 1. The first kappa shape index (κ1) is 12.9. The van der Waals surface area contributed by atoms with Crippen molar-refractivity contribution in [1.29, 1.82) is 0 Å². The van der Waals surface area contributed by atoms with Crippen LogP contribution in [0.3, 0.4) is 0 Å². The van der Waals surface area contributed by atoms with Crippen LogP contribution in [-0.4, -0.2) is 18.1 Å². The summed E-state index contributed by atoms with van der Waals surface area (Å²) in [5.74, 6) is 0.944. The highest BCUT2D eigenvalue weighted by Crippen LogP contribution is 2.32. The standard InChI is InChI=1S/C15H20N2OS/c1-2-18-11-7-8-12-14(10-11)19-15(17-12)13-6-4-3-5-9-16-13/h7-8,10,13,16H,2-6,9H2,1H3. The first-order valence-corrected chi connectivity index (χ1v) is 7.95. The summed E-state index contributed by atoms with van der Waals surface area (Å²) < 4.78 is 6.78. The monoisotopic (exact) mass is 276 g/mol. The lowest BCUT2D eigenvalue weighted by Crippen LogP contribution is -2.19. The van der Waals surface area contributed by atoms with Crippen LogP contribution in [0.4, 0.5) is 0 Å². The maximum absolute atomic E-state index is 5.55. The smallest absolute Gasteiger partial charge is 0.120 e. The van der Waals surface area contributed by atoms with E-state index in [9.17, 15) is 0 Å². The van der Waals surface area contributed by atoms with Crippen LogP contribution in [0, 0.1) is 0 Å². The maximum atomic E-state index is 5.55. The van der Waals surface area contributed by atoms with Crippen LogP contribution in [0.2, 0.25) is 0 Å². The Kier molecular flexibility index (Phi) is 3.99.